The Morgan fingerprint density at radius 1 is 1.00 bits per heavy atom. The van der Waals surface area contributed by atoms with Crippen LogP contribution < -0.4 is 5.32 Å². The number of rotatable bonds is 2. The van der Waals surface area contributed by atoms with Crippen molar-refractivity contribution in [1.29, 1.82) is 0 Å². The molecular formula is C19H18F3NS. The first-order valence-corrected chi connectivity index (χ1v) is 9.09. The molecule has 5 heteroatoms. The first-order valence-electron chi connectivity index (χ1n) is 8.27. The first kappa shape index (κ1) is 15.9. The van der Waals surface area contributed by atoms with Gasteiger partial charge in [0.1, 0.15) is 0 Å². The maximum absolute atomic E-state index is 13.3. The van der Waals surface area contributed by atoms with Crippen LogP contribution in [0.25, 0.3) is 0 Å². The summed E-state index contributed by atoms with van der Waals surface area (Å²) in [6, 6.07) is 10.8. The predicted molar refractivity (Wildman–Crippen MR) is 90.7 cm³/mol. The lowest BCUT2D eigenvalue weighted by atomic mass is 9.99. The molecule has 1 N–H and O–H groups in total. The number of hydrogen-bond acceptors (Lipinski definition) is 2. The van der Waals surface area contributed by atoms with Gasteiger partial charge in [0, 0.05) is 27.9 Å². The van der Waals surface area contributed by atoms with Gasteiger partial charge in [-0.1, -0.05) is 42.8 Å². The molecule has 24 heavy (non-hydrogen) atoms. The summed E-state index contributed by atoms with van der Waals surface area (Å²) in [5.74, 6) is 0. The molecule has 0 aromatic heterocycles. The quantitative estimate of drug-likeness (QED) is 0.598. The molecule has 0 spiro atoms. The van der Waals surface area contributed by atoms with Gasteiger partial charge in [0.05, 0.1) is 5.56 Å². The lowest BCUT2D eigenvalue weighted by Gasteiger charge is -2.25. The van der Waals surface area contributed by atoms with E-state index >= 15 is 0 Å². The molecular weight excluding hydrogens is 331 g/mol. The Kier molecular flexibility index (Phi) is 3.99. The summed E-state index contributed by atoms with van der Waals surface area (Å²) >= 11 is 1.44. The van der Waals surface area contributed by atoms with E-state index in [0.29, 0.717) is 18.2 Å². The van der Waals surface area contributed by atoms with Crippen molar-refractivity contribution in [3.05, 3.63) is 53.1 Å². The molecule has 1 aliphatic carbocycles. The summed E-state index contributed by atoms with van der Waals surface area (Å²) in [5.41, 5.74) is 2.28. The van der Waals surface area contributed by atoms with Crippen LogP contribution in [0.1, 0.15) is 42.4 Å². The van der Waals surface area contributed by atoms with Crippen LogP contribution >= 0.6 is 11.8 Å². The summed E-state index contributed by atoms with van der Waals surface area (Å²) in [5, 5.41) is 3.40. The van der Waals surface area contributed by atoms with Crippen LogP contribution in [-0.4, -0.2) is 6.04 Å². The smallest absolute Gasteiger partial charge is 0.382 e. The Morgan fingerprint density at radius 3 is 2.50 bits per heavy atom. The zero-order valence-corrected chi connectivity index (χ0v) is 13.9. The number of alkyl halides is 3. The molecule has 0 radical (unpaired) electrons. The molecule has 126 valence electrons. The van der Waals surface area contributed by atoms with Crippen LogP contribution in [-0.2, 0) is 12.6 Å². The molecule has 0 bridgehead atoms. The average Bonchev–Trinajstić information content (AvgIpc) is 3.05. The first-order chi connectivity index (χ1) is 11.5. The van der Waals surface area contributed by atoms with E-state index in [2.05, 4.69) is 11.4 Å². The second kappa shape index (κ2) is 6.03. The largest absolute Gasteiger partial charge is 0.416 e. The number of anilines is 1. The van der Waals surface area contributed by atoms with Crippen molar-refractivity contribution in [3.8, 4) is 0 Å². The van der Waals surface area contributed by atoms with Gasteiger partial charge in [0.25, 0.3) is 0 Å². The van der Waals surface area contributed by atoms with Crippen LogP contribution in [0.5, 0.6) is 0 Å². The molecule has 2 aliphatic rings. The van der Waals surface area contributed by atoms with E-state index in [0.717, 1.165) is 41.0 Å². The van der Waals surface area contributed by atoms with Gasteiger partial charge in [-0.15, -0.1) is 0 Å². The SMILES string of the molecule is FC(F)(F)c1cc(NC2CCCC2)c2c(c1)Sc1ccccc1C2. The fraction of sp³-hybridized carbons (Fsp3) is 0.368. The summed E-state index contributed by atoms with van der Waals surface area (Å²) < 4.78 is 39.9. The minimum Gasteiger partial charge on any atom is -0.382 e. The number of halogens is 3. The van der Waals surface area contributed by atoms with E-state index in [1.165, 1.54) is 29.5 Å². The topological polar surface area (TPSA) is 12.0 Å². The highest BCUT2D eigenvalue weighted by molar-refractivity contribution is 7.99. The van der Waals surface area contributed by atoms with Gasteiger partial charge < -0.3 is 5.32 Å². The highest BCUT2D eigenvalue weighted by Gasteiger charge is 2.33. The van der Waals surface area contributed by atoms with Crippen LogP contribution in [0, 0.1) is 0 Å². The molecule has 1 saturated carbocycles. The number of nitrogens with one attached hydrogen (secondary N) is 1. The summed E-state index contributed by atoms with van der Waals surface area (Å²) in [6.07, 6.45) is 0.737. The fourth-order valence-corrected chi connectivity index (χ4v) is 4.71. The van der Waals surface area contributed by atoms with Crippen LogP contribution in [0.2, 0.25) is 0 Å². The fourth-order valence-electron chi connectivity index (χ4n) is 3.56. The van der Waals surface area contributed by atoms with E-state index in [9.17, 15) is 13.2 Å². The lowest BCUT2D eigenvalue weighted by molar-refractivity contribution is -0.137. The van der Waals surface area contributed by atoms with E-state index in [-0.39, 0.29) is 0 Å². The van der Waals surface area contributed by atoms with Crippen molar-refractivity contribution < 1.29 is 13.2 Å². The third-order valence-corrected chi connectivity index (χ3v) is 6.01. The minimum atomic E-state index is -4.32. The minimum absolute atomic E-state index is 0.291. The van der Waals surface area contributed by atoms with Crippen molar-refractivity contribution >= 4 is 17.4 Å². The zero-order chi connectivity index (χ0) is 16.7. The van der Waals surface area contributed by atoms with Crippen molar-refractivity contribution in [2.75, 3.05) is 5.32 Å². The van der Waals surface area contributed by atoms with E-state index in [1.54, 1.807) is 0 Å². The maximum atomic E-state index is 13.3. The molecule has 1 aliphatic heterocycles. The molecule has 1 heterocycles. The van der Waals surface area contributed by atoms with Gasteiger partial charge in [-0.25, -0.2) is 0 Å². The number of benzene rings is 2. The summed E-state index contributed by atoms with van der Waals surface area (Å²) in [6.45, 7) is 0. The number of hydrogen-bond donors (Lipinski definition) is 1. The van der Waals surface area contributed by atoms with Crippen LogP contribution in [0.4, 0.5) is 18.9 Å². The second-order valence-corrected chi connectivity index (χ2v) is 7.59. The zero-order valence-electron chi connectivity index (χ0n) is 13.1. The molecule has 0 saturated heterocycles. The summed E-state index contributed by atoms with van der Waals surface area (Å²) in [7, 11) is 0. The molecule has 0 atom stereocenters. The molecule has 0 unspecified atom stereocenters. The van der Waals surface area contributed by atoms with Crippen molar-refractivity contribution in [2.24, 2.45) is 0 Å². The van der Waals surface area contributed by atoms with Crippen molar-refractivity contribution in [3.63, 3.8) is 0 Å². The Balaban J connectivity index is 1.77. The Labute approximate surface area is 143 Å². The number of fused-ring (bicyclic) bond motifs is 2. The molecule has 1 fully saturated rings. The summed E-state index contributed by atoms with van der Waals surface area (Å²) in [4.78, 5) is 1.78. The second-order valence-electron chi connectivity index (χ2n) is 6.51. The Bertz CT molecular complexity index is 764. The predicted octanol–water partition coefficient (Wildman–Crippen LogP) is 6.12. The van der Waals surface area contributed by atoms with Crippen LogP contribution in [0.3, 0.4) is 0 Å². The van der Waals surface area contributed by atoms with Crippen LogP contribution in [0.15, 0.2) is 46.2 Å². The lowest BCUT2D eigenvalue weighted by Crippen LogP contribution is -2.18. The van der Waals surface area contributed by atoms with Crippen molar-refractivity contribution in [1.82, 2.24) is 0 Å². The average molecular weight is 349 g/mol. The van der Waals surface area contributed by atoms with Gasteiger partial charge in [-0.3, -0.25) is 0 Å². The molecule has 2 aromatic carbocycles. The van der Waals surface area contributed by atoms with E-state index in [4.69, 9.17) is 0 Å². The normalized spacial score (nSPS) is 17.5. The van der Waals surface area contributed by atoms with Gasteiger partial charge >= 0.3 is 6.18 Å². The standard InChI is InChI=1S/C19H18F3NS/c20-19(21,22)13-10-16(23-14-6-2-3-7-14)15-9-12-5-1-4-8-17(12)24-18(15)11-13/h1,4-5,8,10-11,14,23H,2-3,6-7,9H2. The molecule has 2 aromatic rings. The Morgan fingerprint density at radius 2 is 1.75 bits per heavy atom. The third-order valence-electron chi connectivity index (χ3n) is 4.81. The Hall–Kier alpha value is -1.62. The van der Waals surface area contributed by atoms with Gasteiger partial charge in [-0.05, 0) is 42.2 Å². The van der Waals surface area contributed by atoms with E-state index < -0.39 is 11.7 Å². The van der Waals surface area contributed by atoms with Gasteiger partial charge in [0.2, 0.25) is 0 Å². The third kappa shape index (κ3) is 3.02. The molecule has 0 amide bonds. The molecule has 1 nitrogen and oxygen atoms in total. The monoisotopic (exact) mass is 349 g/mol. The highest BCUT2D eigenvalue weighted by Crippen LogP contribution is 2.45. The van der Waals surface area contributed by atoms with E-state index in [1.807, 2.05) is 18.2 Å². The highest BCUT2D eigenvalue weighted by atomic mass is 32.2. The van der Waals surface area contributed by atoms with Gasteiger partial charge in [0.15, 0.2) is 0 Å². The molecule has 4 rings (SSSR count). The van der Waals surface area contributed by atoms with Gasteiger partial charge in [-0.2, -0.15) is 13.2 Å². The maximum Gasteiger partial charge on any atom is 0.416 e. The van der Waals surface area contributed by atoms with Crippen molar-refractivity contribution in [2.45, 2.75) is 54.1 Å².